The largest absolute Gasteiger partial charge is 0.395 e. The van der Waals surface area contributed by atoms with Gasteiger partial charge < -0.3 is 5.11 Å². The molecule has 7 heteroatoms. The minimum absolute atomic E-state index is 0.0490. The molecule has 0 aromatic heterocycles. The molecule has 0 saturated carbocycles. The van der Waals surface area contributed by atoms with Gasteiger partial charge >= 0.3 is 0 Å². The van der Waals surface area contributed by atoms with Gasteiger partial charge in [-0.05, 0) is 18.2 Å². The van der Waals surface area contributed by atoms with Crippen molar-refractivity contribution in [3.63, 3.8) is 0 Å². The number of sulfonamides is 1. The molecule has 0 spiro atoms. The molecule has 0 amide bonds. The Morgan fingerprint density at radius 2 is 2.00 bits per heavy atom. The Kier molecular flexibility index (Phi) is 4.36. The highest BCUT2D eigenvalue weighted by molar-refractivity contribution is 7.89. The molecule has 0 fully saturated rings. The average molecular weight is 270 g/mol. The maximum Gasteiger partial charge on any atom is 0.242 e. The predicted molar refractivity (Wildman–Crippen MR) is 58.7 cm³/mol. The summed E-state index contributed by atoms with van der Waals surface area (Å²) >= 11 is 11.4. The van der Waals surface area contributed by atoms with Gasteiger partial charge in [-0.25, -0.2) is 13.1 Å². The van der Waals surface area contributed by atoms with Crippen molar-refractivity contribution < 1.29 is 13.5 Å². The van der Waals surface area contributed by atoms with E-state index >= 15 is 0 Å². The van der Waals surface area contributed by atoms with Crippen molar-refractivity contribution >= 4 is 33.2 Å². The summed E-state index contributed by atoms with van der Waals surface area (Å²) in [6, 6.07) is 4.09. The fourth-order valence-electron chi connectivity index (χ4n) is 0.951. The zero-order valence-corrected chi connectivity index (χ0v) is 9.90. The lowest BCUT2D eigenvalue weighted by Gasteiger charge is -2.06. The Labute approximate surface area is 97.9 Å². The summed E-state index contributed by atoms with van der Waals surface area (Å²) in [7, 11) is -3.67. The summed E-state index contributed by atoms with van der Waals surface area (Å²) < 4.78 is 25.3. The van der Waals surface area contributed by atoms with Gasteiger partial charge in [-0.15, -0.1) is 0 Å². The van der Waals surface area contributed by atoms with Gasteiger partial charge in [-0.1, -0.05) is 23.2 Å². The lowest BCUT2D eigenvalue weighted by Crippen LogP contribution is -2.26. The van der Waals surface area contributed by atoms with E-state index in [1.165, 1.54) is 18.2 Å². The van der Waals surface area contributed by atoms with E-state index in [4.69, 9.17) is 28.3 Å². The third kappa shape index (κ3) is 3.32. The minimum Gasteiger partial charge on any atom is -0.395 e. The van der Waals surface area contributed by atoms with E-state index in [1.807, 2.05) is 0 Å². The van der Waals surface area contributed by atoms with Crippen LogP contribution in [0.4, 0.5) is 0 Å². The van der Waals surface area contributed by atoms with Gasteiger partial charge in [0.2, 0.25) is 10.0 Å². The first kappa shape index (κ1) is 12.7. The third-order valence-corrected chi connectivity index (χ3v) is 3.77. The van der Waals surface area contributed by atoms with Crippen LogP contribution in [0.15, 0.2) is 23.1 Å². The minimum atomic E-state index is -3.67. The van der Waals surface area contributed by atoms with E-state index in [1.54, 1.807) is 0 Å². The molecule has 0 atom stereocenters. The highest BCUT2D eigenvalue weighted by Crippen LogP contribution is 2.24. The maximum atomic E-state index is 11.6. The molecular weight excluding hydrogens is 261 g/mol. The fourth-order valence-corrected chi connectivity index (χ4v) is 2.74. The van der Waals surface area contributed by atoms with Crippen molar-refractivity contribution in [2.75, 3.05) is 13.2 Å². The Balaban J connectivity index is 3.05. The van der Waals surface area contributed by atoms with E-state index in [0.717, 1.165) is 0 Å². The lowest BCUT2D eigenvalue weighted by atomic mass is 10.4. The average Bonchev–Trinajstić information content (AvgIpc) is 2.14. The molecule has 0 aliphatic heterocycles. The predicted octanol–water partition coefficient (Wildman–Crippen LogP) is 1.26. The Morgan fingerprint density at radius 1 is 1.33 bits per heavy atom. The van der Waals surface area contributed by atoms with Crippen molar-refractivity contribution in [3.8, 4) is 0 Å². The van der Waals surface area contributed by atoms with Gasteiger partial charge in [0.25, 0.3) is 0 Å². The molecule has 0 heterocycles. The van der Waals surface area contributed by atoms with Crippen LogP contribution >= 0.6 is 23.2 Å². The molecule has 0 saturated heterocycles. The molecule has 0 aliphatic carbocycles. The number of halogens is 2. The summed E-state index contributed by atoms with van der Waals surface area (Å²) in [6.07, 6.45) is 0. The molecule has 4 nitrogen and oxygen atoms in total. The molecule has 0 bridgehead atoms. The maximum absolute atomic E-state index is 11.6. The van der Waals surface area contributed by atoms with Crippen LogP contribution in [0.25, 0.3) is 0 Å². The van der Waals surface area contributed by atoms with Gasteiger partial charge in [0.1, 0.15) is 4.90 Å². The topological polar surface area (TPSA) is 66.4 Å². The van der Waals surface area contributed by atoms with E-state index < -0.39 is 10.0 Å². The highest BCUT2D eigenvalue weighted by Gasteiger charge is 2.16. The molecule has 1 aromatic rings. The number of aliphatic hydroxyl groups is 1. The van der Waals surface area contributed by atoms with Crippen LogP contribution in [0, 0.1) is 0 Å². The number of rotatable bonds is 4. The fraction of sp³-hybridized carbons (Fsp3) is 0.250. The van der Waals surface area contributed by atoms with Crippen LogP contribution in [0.1, 0.15) is 0 Å². The Bertz CT molecular complexity index is 447. The van der Waals surface area contributed by atoms with Crippen molar-refractivity contribution in [2.45, 2.75) is 4.90 Å². The van der Waals surface area contributed by atoms with Gasteiger partial charge in [0, 0.05) is 11.6 Å². The first-order valence-electron chi connectivity index (χ1n) is 4.03. The van der Waals surface area contributed by atoms with E-state index in [9.17, 15) is 8.42 Å². The van der Waals surface area contributed by atoms with Crippen molar-refractivity contribution in [1.29, 1.82) is 0 Å². The smallest absolute Gasteiger partial charge is 0.242 e. The van der Waals surface area contributed by atoms with Crippen molar-refractivity contribution in [2.24, 2.45) is 0 Å². The summed E-state index contributed by atoms with van der Waals surface area (Å²) in [5, 5.41) is 8.92. The van der Waals surface area contributed by atoms with Gasteiger partial charge in [0.05, 0.1) is 11.6 Å². The zero-order valence-electron chi connectivity index (χ0n) is 7.57. The zero-order chi connectivity index (χ0) is 11.5. The second-order valence-corrected chi connectivity index (χ2v) is 5.28. The normalized spacial score (nSPS) is 11.7. The summed E-state index contributed by atoms with van der Waals surface area (Å²) in [6.45, 7) is -0.328. The van der Waals surface area contributed by atoms with Crippen molar-refractivity contribution in [1.82, 2.24) is 4.72 Å². The molecular formula is C8H9Cl2NO3S. The van der Waals surface area contributed by atoms with Crippen LogP contribution in [0.5, 0.6) is 0 Å². The van der Waals surface area contributed by atoms with Crippen LogP contribution in [0.3, 0.4) is 0 Å². The highest BCUT2D eigenvalue weighted by atomic mass is 35.5. The first-order valence-corrected chi connectivity index (χ1v) is 6.27. The first-order chi connectivity index (χ1) is 6.97. The third-order valence-electron chi connectivity index (χ3n) is 1.59. The quantitative estimate of drug-likeness (QED) is 0.865. The number of hydrogen-bond donors (Lipinski definition) is 2. The number of benzene rings is 1. The van der Waals surface area contributed by atoms with Crippen LogP contribution in [0.2, 0.25) is 10.0 Å². The lowest BCUT2D eigenvalue weighted by molar-refractivity contribution is 0.301. The molecule has 0 aliphatic rings. The molecule has 1 rings (SSSR count). The molecule has 84 valence electrons. The molecule has 0 radical (unpaired) electrons. The molecule has 0 unspecified atom stereocenters. The summed E-state index contributed by atoms with van der Waals surface area (Å²) in [4.78, 5) is -0.0537. The Morgan fingerprint density at radius 3 is 2.53 bits per heavy atom. The standard InChI is InChI=1S/C8H9Cl2NO3S/c9-6-1-2-8(7(10)5-6)15(13,14)11-3-4-12/h1-2,5,11-12H,3-4H2. The molecule has 2 N–H and O–H groups in total. The van der Waals surface area contributed by atoms with Crippen LogP contribution in [-0.2, 0) is 10.0 Å². The second-order valence-electron chi connectivity index (χ2n) is 2.70. The van der Waals surface area contributed by atoms with Crippen LogP contribution < -0.4 is 4.72 Å². The second kappa shape index (κ2) is 5.14. The number of hydrogen-bond acceptors (Lipinski definition) is 3. The monoisotopic (exact) mass is 269 g/mol. The molecule has 15 heavy (non-hydrogen) atoms. The van der Waals surface area contributed by atoms with Crippen LogP contribution in [-0.4, -0.2) is 26.7 Å². The van der Waals surface area contributed by atoms with Gasteiger partial charge in [-0.2, -0.15) is 0 Å². The van der Waals surface area contributed by atoms with E-state index in [-0.39, 0.29) is 23.1 Å². The number of nitrogens with one attached hydrogen (secondary N) is 1. The Hall–Kier alpha value is -0.330. The molecule has 1 aromatic carbocycles. The summed E-state index contributed by atoms with van der Waals surface area (Å²) in [5.74, 6) is 0. The van der Waals surface area contributed by atoms with Gasteiger partial charge in [-0.3, -0.25) is 0 Å². The summed E-state index contributed by atoms with van der Waals surface area (Å²) in [5.41, 5.74) is 0. The van der Waals surface area contributed by atoms with E-state index in [2.05, 4.69) is 4.72 Å². The van der Waals surface area contributed by atoms with Crippen molar-refractivity contribution in [3.05, 3.63) is 28.2 Å². The van der Waals surface area contributed by atoms with Gasteiger partial charge in [0.15, 0.2) is 0 Å². The SMILES string of the molecule is O=S(=O)(NCCO)c1ccc(Cl)cc1Cl. The number of aliphatic hydroxyl groups excluding tert-OH is 1. The van der Waals surface area contributed by atoms with E-state index in [0.29, 0.717) is 5.02 Å².